The summed E-state index contributed by atoms with van der Waals surface area (Å²) in [5, 5.41) is 0. The van der Waals surface area contributed by atoms with E-state index in [1.165, 1.54) is 11.1 Å². The van der Waals surface area contributed by atoms with Gasteiger partial charge in [-0.15, -0.1) is 0 Å². The van der Waals surface area contributed by atoms with Crippen molar-refractivity contribution in [3.05, 3.63) is 100 Å². The first-order valence-corrected chi connectivity index (χ1v) is 9.02. The molecule has 0 amide bonds. The average Bonchev–Trinajstić information content (AvgIpc) is 3.00. The van der Waals surface area contributed by atoms with Crippen molar-refractivity contribution in [2.24, 2.45) is 0 Å². The minimum Gasteiger partial charge on any atom is -0.320 e. The van der Waals surface area contributed by atoms with E-state index >= 15 is 0 Å². The number of nitrogens with zero attached hydrogens (tertiary/aromatic N) is 2. The molecule has 0 bridgehead atoms. The van der Waals surface area contributed by atoms with Crippen molar-refractivity contribution in [3.8, 4) is 0 Å². The summed E-state index contributed by atoms with van der Waals surface area (Å²) in [4.78, 5) is 4.81. The van der Waals surface area contributed by atoms with E-state index in [9.17, 15) is 0 Å². The monoisotopic (exact) mass is 388 g/mol. The number of fused-ring (bicyclic) bond motifs is 1. The van der Waals surface area contributed by atoms with Gasteiger partial charge < -0.3 is 4.57 Å². The molecule has 1 aromatic heterocycles. The molecule has 4 rings (SSSR count). The second kappa shape index (κ2) is 7.08. The van der Waals surface area contributed by atoms with Crippen LogP contribution in [0.15, 0.2) is 83.3 Å². The maximum atomic E-state index is 4.81. The molecule has 0 radical (unpaired) electrons. The van der Waals surface area contributed by atoms with Crippen LogP contribution >= 0.6 is 15.9 Å². The van der Waals surface area contributed by atoms with E-state index < -0.39 is 0 Å². The number of hydrogen-bond acceptors (Lipinski definition) is 1. The van der Waals surface area contributed by atoms with Gasteiger partial charge in [-0.1, -0.05) is 76.6 Å². The van der Waals surface area contributed by atoms with Crippen LogP contribution in [-0.4, -0.2) is 9.55 Å². The molecule has 122 valence electrons. The molecule has 0 N–H and O–H groups in total. The van der Waals surface area contributed by atoms with Crippen molar-refractivity contribution < 1.29 is 0 Å². The number of aromatic nitrogens is 2. The zero-order chi connectivity index (χ0) is 17.1. The highest BCUT2D eigenvalue weighted by atomic mass is 79.9. The summed E-state index contributed by atoms with van der Waals surface area (Å²) >= 11 is 3.50. The van der Waals surface area contributed by atoms with Crippen molar-refractivity contribution in [2.75, 3.05) is 0 Å². The predicted molar refractivity (Wildman–Crippen MR) is 108 cm³/mol. The van der Waals surface area contributed by atoms with E-state index in [1.54, 1.807) is 0 Å². The Hall–Kier alpha value is -2.65. The van der Waals surface area contributed by atoms with Crippen molar-refractivity contribution in [3.63, 3.8) is 0 Å². The van der Waals surface area contributed by atoms with Crippen molar-refractivity contribution in [2.45, 2.75) is 6.54 Å². The van der Waals surface area contributed by atoms with Gasteiger partial charge in [0.1, 0.15) is 5.82 Å². The lowest BCUT2D eigenvalue weighted by atomic mass is 10.2. The van der Waals surface area contributed by atoms with Gasteiger partial charge in [-0.2, -0.15) is 0 Å². The Kier molecular flexibility index (Phi) is 4.49. The molecule has 0 aliphatic carbocycles. The van der Waals surface area contributed by atoms with Crippen LogP contribution in [0.25, 0.3) is 23.2 Å². The van der Waals surface area contributed by atoms with Crippen LogP contribution in [-0.2, 0) is 6.54 Å². The maximum Gasteiger partial charge on any atom is 0.134 e. The van der Waals surface area contributed by atoms with Gasteiger partial charge in [0, 0.05) is 11.0 Å². The summed E-state index contributed by atoms with van der Waals surface area (Å²) in [7, 11) is 0. The third-order valence-corrected chi connectivity index (χ3v) is 4.69. The number of imidazole rings is 1. The van der Waals surface area contributed by atoms with Gasteiger partial charge in [-0.25, -0.2) is 4.98 Å². The number of rotatable bonds is 4. The van der Waals surface area contributed by atoms with Crippen LogP contribution in [0.5, 0.6) is 0 Å². The first kappa shape index (κ1) is 15.9. The van der Waals surface area contributed by atoms with Crippen molar-refractivity contribution in [1.29, 1.82) is 0 Å². The van der Waals surface area contributed by atoms with Gasteiger partial charge in [0.05, 0.1) is 11.0 Å². The number of para-hydroxylation sites is 2. The van der Waals surface area contributed by atoms with E-state index in [0.717, 1.165) is 27.9 Å². The third kappa shape index (κ3) is 3.57. The Labute approximate surface area is 155 Å². The lowest BCUT2D eigenvalue weighted by Gasteiger charge is -2.08. The van der Waals surface area contributed by atoms with Crippen LogP contribution in [0, 0.1) is 0 Å². The second-order valence-electron chi connectivity index (χ2n) is 5.92. The zero-order valence-electron chi connectivity index (χ0n) is 13.6. The molecule has 0 fully saturated rings. The molecule has 3 aromatic carbocycles. The highest BCUT2D eigenvalue weighted by Gasteiger charge is 2.08. The fourth-order valence-corrected chi connectivity index (χ4v) is 3.16. The molecule has 0 aliphatic rings. The second-order valence-corrected chi connectivity index (χ2v) is 6.83. The Bertz CT molecular complexity index is 1020. The summed E-state index contributed by atoms with van der Waals surface area (Å²) in [5.74, 6) is 0.966. The Morgan fingerprint density at radius 1 is 0.800 bits per heavy atom. The molecule has 0 saturated heterocycles. The quantitative estimate of drug-likeness (QED) is 0.418. The standard InChI is InChI=1S/C22H17BrN2/c23-19-13-10-18(11-14-19)16-25-21-9-5-4-8-20(21)24-22(25)15-12-17-6-2-1-3-7-17/h1-15H,16H2/b15-12+. The Balaban J connectivity index is 1.75. The van der Waals surface area contributed by atoms with Gasteiger partial charge in [-0.3, -0.25) is 0 Å². The fraction of sp³-hybridized carbons (Fsp3) is 0.0455. The van der Waals surface area contributed by atoms with Crippen molar-refractivity contribution >= 4 is 39.1 Å². The molecule has 2 nitrogen and oxygen atoms in total. The molecule has 4 aromatic rings. The van der Waals surface area contributed by atoms with E-state index in [0.29, 0.717) is 0 Å². The van der Waals surface area contributed by atoms with Gasteiger partial charge in [-0.05, 0) is 41.5 Å². The summed E-state index contributed by atoms with van der Waals surface area (Å²) in [6.45, 7) is 0.794. The summed E-state index contributed by atoms with van der Waals surface area (Å²) in [6, 6.07) is 27.0. The summed E-state index contributed by atoms with van der Waals surface area (Å²) < 4.78 is 3.36. The number of benzene rings is 3. The number of halogens is 1. The molecule has 0 saturated carbocycles. The molecule has 0 unspecified atom stereocenters. The van der Waals surface area contributed by atoms with Gasteiger partial charge in [0.25, 0.3) is 0 Å². The molecule has 25 heavy (non-hydrogen) atoms. The molecular formula is C22H17BrN2. The van der Waals surface area contributed by atoms with E-state index in [1.807, 2.05) is 24.3 Å². The van der Waals surface area contributed by atoms with Crippen LogP contribution < -0.4 is 0 Å². The minimum atomic E-state index is 0.794. The highest BCUT2D eigenvalue weighted by Crippen LogP contribution is 2.20. The first-order valence-electron chi connectivity index (χ1n) is 8.22. The minimum absolute atomic E-state index is 0.794. The highest BCUT2D eigenvalue weighted by molar-refractivity contribution is 9.10. The summed E-state index contributed by atoms with van der Waals surface area (Å²) in [6.07, 6.45) is 4.20. The third-order valence-electron chi connectivity index (χ3n) is 4.16. The van der Waals surface area contributed by atoms with Crippen LogP contribution in [0.4, 0.5) is 0 Å². The Morgan fingerprint density at radius 2 is 1.52 bits per heavy atom. The normalized spacial score (nSPS) is 11.4. The van der Waals surface area contributed by atoms with Crippen LogP contribution in [0.2, 0.25) is 0 Å². The molecule has 3 heteroatoms. The average molecular weight is 389 g/mol. The molecule has 0 atom stereocenters. The van der Waals surface area contributed by atoms with E-state index in [2.05, 4.69) is 87.2 Å². The van der Waals surface area contributed by atoms with Crippen molar-refractivity contribution in [1.82, 2.24) is 9.55 Å². The topological polar surface area (TPSA) is 17.8 Å². The smallest absolute Gasteiger partial charge is 0.134 e. The molecule has 1 heterocycles. The fourth-order valence-electron chi connectivity index (χ4n) is 2.89. The maximum absolute atomic E-state index is 4.81. The zero-order valence-corrected chi connectivity index (χ0v) is 15.2. The van der Waals surface area contributed by atoms with Gasteiger partial charge in [0.15, 0.2) is 0 Å². The molecule has 0 aliphatic heterocycles. The Morgan fingerprint density at radius 3 is 2.32 bits per heavy atom. The SMILES string of the molecule is Brc1ccc(Cn2c(/C=C/c3ccccc3)nc3ccccc32)cc1. The molecular weight excluding hydrogens is 372 g/mol. The molecule has 0 spiro atoms. The lowest BCUT2D eigenvalue weighted by Crippen LogP contribution is -2.02. The van der Waals surface area contributed by atoms with E-state index in [-0.39, 0.29) is 0 Å². The lowest BCUT2D eigenvalue weighted by molar-refractivity contribution is 0.813. The van der Waals surface area contributed by atoms with Gasteiger partial charge >= 0.3 is 0 Å². The number of hydrogen-bond donors (Lipinski definition) is 0. The summed E-state index contributed by atoms with van der Waals surface area (Å²) in [5.41, 5.74) is 4.59. The predicted octanol–water partition coefficient (Wildman–Crippen LogP) is 6.02. The first-order chi connectivity index (χ1) is 12.3. The van der Waals surface area contributed by atoms with Gasteiger partial charge in [0.2, 0.25) is 0 Å². The van der Waals surface area contributed by atoms with Crippen LogP contribution in [0.1, 0.15) is 17.0 Å². The van der Waals surface area contributed by atoms with E-state index in [4.69, 9.17) is 4.98 Å². The van der Waals surface area contributed by atoms with Crippen LogP contribution in [0.3, 0.4) is 0 Å². The largest absolute Gasteiger partial charge is 0.320 e.